The molecule has 2 aromatic heterocycles. The van der Waals surface area contributed by atoms with Crippen molar-refractivity contribution < 1.29 is 4.79 Å². The highest BCUT2D eigenvalue weighted by molar-refractivity contribution is 7.14. The van der Waals surface area contributed by atoms with Gasteiger partial charge in [-0.3, -0.25) is 9.78 Å². The van der Waals surface area contributed by atoms with E-state index in [2.05, 4.69) is 18.8 Å². The number of nitrogens with zero attached hydrogens (tertiary/aromatic N) is 2. The number of aromatic nitrogens is 1. The zero-order valence-corrected chi connectivity index (χ0v) is 12.6. The van der Waals surface area contributed by atoms with Gasteiger partial charge in [-0.1, -0.05) is 0 Å². The van der Waals surface area contributed by atoms with E-state index in [0.29, 0.717) is 0 Å². The summed E-state index contributed by atoms with van der Waals surface area (Å²) < 4.78 is 0. The summed E-state index contributed by atoms with van der Waals surface area (Å²) >= 11 is 1.60. The van der Waals surface area contributed by atoms with E-state index in [0.717, 1.165) is 24.3 Å². The normalized spacial score (nSPS) is 18.5. The molecule has 104 valence electrons. The minimum absolute atomic E-state index is 0.172. The Hall–Kier alpha value is -1.68. The smallest absolute Gasteiger partial charge is 0.264 e. The SMILES string of the molecule is Cc1cc(C(=O)N2CCC[C@H]2c2ccncc2)sc1C. The minimum Gasteiger partial charge on any atom is -0.331 e. The van der Waals surface area contributed by atoms with Crippen molar-refractivity contribution >= 4 is 17.2 Å². The van der Waals surface area contributed by atoms with Crippen molar-refractivity contribution in [2.45, 2.75) is 32.7 Å². The van der Waals surface area contributed by atoms with Gasteiger partial charge in [0, 0.05) is 23.8 Å². The third kappa shape index (κ3) is 2.36. The fraction of sp³-hybridized carbons (Fsp3) is 0.375. The molecule has 3 nitrogen and oxygen atoms in total. The highest BCUT2D eigenvalue weighted by atomic mass is 32.1. The molecule has 0 spiro atoms. The van der Waals surface area contributed by atoms with Gasteiger partial charge in [0.25, 0.3) is 5.91 Å². The maximum absolute atomic E-state index is 12.7. The lowest BCUT2D eigenvalue weighted by Crippen LogP contribution is -2.29. The van der Waals surface area contributed by atoms with Crippen LogP contribution in [0.3, 0.4) is 0 Å². The summed E-state index contributed by atoms with van der Waals surface area (Å²) in [5, 5.41) is 0. The number of hydrogen-bond acceptors (Lipinski definition) is 3. The Labute approximate surface area is 123 Å². The molecule has 0 bridgehead atoms. The van der Waals surface area contributed by atoms with E-state index in [9.17, 15) is 4.79 Å². The number of carbonyl (C=O) groups is 1. The van der Waals surface area contributed by atoms with Crippen LogP contribution in [0.15, 0.2) is 30.6 Å². The molecule has 0 radical (unpaired) electrons. The molecule has 3 rings (SSSR count). The van der Waals surface area contributed by atoms with Crippen molar-refractivity contribution in [3.63, 3.8) is 0 Å². The number of rotatable bonds is 2. The van der Waals surface area contributed by atoms with Gasteiger partial charge >= 0.3 is 0 Å². The lowest BCUT2D eigenvalue weighted by molar-refractivity contribution is 0.0740. The van der Waals surface area contributed by atoms with Crippen LogP contribution in [0.1, 0.15) is 44.6 Å². The summed E-state index contributed by atoms with van der Waals surface area (Å²) in [5.74, 6) is 0.172. The van der Waals surface area contributed by atoms with Crippen molar-refractivity contribution in [1.29, 1.82) is 0 Å². The Morgan fingerprint density at radius 3 is 2.75 bits per heavy atom. The molecule has 0 saturated carbocycles. The lowest BCUT2D eigenvalue weighted by atomic mass is 10.1. The van der Waals surface area contributed by atoms with Crippen molar-refractivity contribution in [2.75, 3.05) is 6.54 Å². The summed E-state index contributed by atoms with van der Waals surface area (Å²) in [6.07, 6.45) is 5.71. The van der Waals surface area contributed by atoms with E-state index >= 15 is 0 Å². The largest absolute Gasteiger partial charge is 0.331 e. The van der Waals surface area contributed by atoms with Gasteiger partial charge in [-0.15, -0.1) is 11.3 Å². The molecule has 0 aliphatic carbocycles. The fourth-order valence-electron chi connectivity index (χ4n) is 2.76. The molecule has 0 N–H and O–H groups in total. The minimum atomic E-state index is 0.172. The first-order chi connectivity index (χ1) is 9.66. The summed E-state index contributed by atoms with van der Waals surface area (Å²) in [6, 6.07) is 6.25. The highest BCUT2D eigenvalue weighted by Crippen LogP contribution is 2.34. The molecule has 3 heterocycles. The molecule has 1 aliphatic heterocycles. The molecule has 1 fully saturated rings. The standard InChI is InChI=1S/C16H18N2OS/c1-11-10-15(20-12(11)2)16(19)18-9-3-4-14(18)13-5-7-17-8-6-13/h5-8,10,14H,3-4,9H2,1-2H3/t14-/m0/s1. The van der Waals surface area contributed by atoms with Crippen molar-refractivity contribution in [3.8, 4) is 0 Å². The van der Waals surface area contributed by atoms with E-state index < -0.39 is 0 Å². The summed E-state index contributed by atoms with van der Waals surface area (Å²) in [4.78, 5) is 20.9. The average molecular weight is 286 g/mol. The summed E-state index contributed by atoms with van der Waals surface area (Å²) in [7, 11) is 0. The van der Waals surface area contributed by atoms with E-state index in [-0.39, 0.29) is 11.9 Å². The Bertz CT molecular complexity index is 601. The van der Waals surface area contributed by atoms with Gasteiger partial charge in [-0.25, -0.2) is 0 Å². The van der Waals surface area contributed by atoms with Crippen molar-refractivity contribution in [2.24, 2.45) is 0 Å². The van der Waals surface area contributed by atoms with Gasteiger partial charge in [-0.2, -0.15) is 0 Å². The maximum Gasteiger partial charge on any atom is 0.264 e. The van der Waals surface area contributed by atoms with Crippen LogP contribution in [0.2, 0.25) is 0 Å². The fourth-order valence-corrected chi connectivity index (χ4v) is 3.75. The van der Waals surface area contributed by atoms with Crippen molar-refractivity contribution in [3.05, 3.63) is 51.5 Å². The number of carbonyl (C=O) groups excluding carboxylic acids is 1. The van der Waals surface area contributed by atoms with Crippen LogP contribution < -0.4 is 0 Å². The Morgan fingerprint density at radius 2 is 2.10 bits per heavy atom. The zero-order chi connectivity index (χ0) is 14.1. The number of aryl methyl sites for hydroxylation is 2. The third-order valence-corrected chi connectivity index (χ3v) is 5.12. The number of hydrogen-bond donors (Lipinski definition) is 0. The average Bonchev–Trinajstić information content (AvgIpc) is 3.07. The Kier molecular flexibility index (Phi) is 3.57. The lowest BCUT2D eigenvalue weighted by Gasteiger charge is -2.24. The molecular weight excluding hydrogens is 268 g/mol. The second-order valence-electron chi connectivity index (χ2n) is 5.29. The molecule has 1 aliphatic rings. The predicted octanol–water partition coefficient (Wildman–Crippen LogP) is 3.74. The topological polar surface area (TPSA) is 33.2 Å². The third-order valence-electron chi connectivity index (χ3n) is 3.98. The molecule has 1 saturated heterocycles. The number of likely N-dealkylation sites (tertiary alicyclic amines) is 1. The molecular formula is C16H18N2OS. The van der Waals surface area contributed by atoms with Gasteiger partial charge in [0.2, 0.25) is 0 Å². The molecule has 1 amide bonds. The number of amides is 1. The Morgan fingerprint density at radius 1 is 1.35 bits per heavy atom. The molecule has 4 heteroatoms. The van der Waals surface area contributed by atoms with Crippen LogP contribution in [0.25, 0.3) is 0 Å². The van der Waals surface area contributed by atoms with Gasteiger partial charge in [0.1, 0.15) is 0 Å². The first-order valence-electron chi connectivity index (χ1n) is 6.95. The van der Waals surface area contributed by atoms with Gasteiger partial charge in [0.15, 0.2) is 0 Å². The van der Waals surface area contributed by atoms with Crippen LogP contribution in [-0.4, -0.2) is 22.3 Å². The maximum atomic E-state index is 12.7. The van der Waals surface area contributed by atoms with E-state index in [4.69, 9.17) is 0 Å². The Balaban J connectivity index is 1.87. The number of pyridine rings is 1. The van der Waals surface area contributed by atoms with Crippen molar-refractivity contribution in [1.82, 2.24) is 9.88 Å². The van der Waals surface area contributed by atoms with Gasteiger partial charge in [0.05, 0.1) is 10.9 Å². The van der Waals surface area contributed by atoms with E-state index in [1.165, 1.54) is 16.0 Å². The van der Waals surface area contributed by atoms with Crippen LogP contribution in [0, 0.1) is 13.8 Å². The van der Waals surface area contributed by atoms with Gasteiger partial charge < -0.3 is 4.90 Å². The van der Waals surface area contributed by atoms with Gasteiger partial charge in [-0.05, 0) is 56.0 Å². The molecule has 1 atom stereocenters. The second kappa shape index (κ2) is 5.37. The number of thiophene rings is 1. The molecule has 0 aromatic carbocycles. The van der Waals surface area contributed by atoms with E-state index in [1.807, 2.05) is 23.1 Å². The molecule has 20 heavy (non-hydrogen) atoms. The summed E-state index contributed by atoms with van der Waals surface area (Å²) in [5.41, 5.74) is 2.40. The molecule has 2 aromatic rings. The second-order valence-corrected chi connectivity index (χ2v) is 6.54. The van der Waals surface area contributed by atoms with E-state index in [1.54, 1.807) is 23.7 Å². The predicted molar refractivity (Wildman–Crippen MR) is 81.0 cm³/mol. The van der Waals surface area contributed by atoms with Crippen LogP contribution >= 0.6 is 11.3 Å². The monoisotopic (exact) mass is 286 g/mol. The molecule has 0 unspecified atom stereocenters. The first-order valence-corrected chi connectivity index (χ1v) is 7.76. The van der Waals surface area contributed by atoms with Crippen LogP contribution in [-0.2, 0) is 0 Å². The highest BCUT2D eigenvalue weighted by Gasteiger charge is 2.31. The quantitative estimate of drug-likeness (QED) is 0.842. The zero-order valence-electron chi connectivity index (χ0n) is 11.8. The van der Waals surface area contributed by atoms with Crippen LogP contribution in [0.5, 0.6) is 0 Å². The van der Waals surface area contributed by atoms with Crippen LogP contribution in [0.4, 0.5) is 0 Å². The summed E-state index contributed by atoms with van der Waals surface area (Å²) in [6.45, 7) is 4.98. The first kappa shape index (κ1) is 13.3.